The number of para-hydroxylation sites is 2. The Morgan fingerprint density at radius 2 is 1.93 bits per heavy atom. The third-order valence-electron chi connectivity index (χ3n) is 6.85. The lowest BCUT2D eigenvalue weighted by atomic mass is 9.81. The van der Waals surface area contributed by atoms with Crippen molar-refractivity contribution < 1.29 is 10.1 Å². The maximum absolute atomic E-state index is 14.2. The number of hydrogen-bond acceptors (Lipinski definition) is 1. The molecule has 3 aliphatic heterocycles. The van der Waals surface area contributed by atoms with Gasteiger partial charge in [-0.05, 0) is 44.0 Å². The maximum Gasteiger partial charge on any atom is 0.300 e. The SMILES string of the molecule is CC1=CC(C)(C)N2C(=O)[C@@]3([NH2+]CCc4c3[nH]c3ccccc43)c3cccc1c32. The van der Waals surface area contributed by atoms with Crippen molar-refractivity contribution in [2.24, 2.45) is 0 Å². The first kappa shape index (κ1) is 16.1. The third-order valence-corrected chi connectivity index (χ3v) is 6.85. The molecule has 0 bridgehead atoms. The largest absolute Gasteiger partial charge is 0.352 e. The number of aromatic nitrogens is 1. The first-order chi connectivity index (χ1) is 13.4. The summed E-state index contributed by atoms with van der Waals surface area (Å²) in [6, 6.07) is 14.8. The fourth-order valence-corrected chi connectivity index (χ4v) is 5.81. The van der Waals surface area contributed by atoms with Crippen LogP contribution in [-0.4, -0.2) is 23.0 Å². The Kier molecular flexibility index (Phi) is 2.85. The number of H-pyrrole nitrogens is 1. The summed E-state index contributed by atoms with van der Waals surface area (Å²) in [5.74, 6) is 0.177. The highest BCUT2D eigenvalue weighted by atomic mass is 16.2. The van der Waals surface area contributed by atoms with Gasteiger partial charge in [0.2, 0.25) is 5.54 Å². The van der Waals surface area contributed by atoms with Gasteiger partial charge in [-0.1, -0.05) is 36.4 Å². The topological polar surface area (TPSA) is 52.7 Å². The molecule has 4 nitrogen and oxygen atoms in total. The van der Waals surface area contributed by atoms with Crippen LogP contribution in [0, 0.1) is 0 Å². The number of benzene rings is 2. The lowest BCUT2D eigenvalue weighted by molar-refractivity contribution is -0.714. The summed E-state index contributed by atoms with van der Waals surface area (Å²) in [5, 5.41) is 3.50. The van der Waals surface area contributed by atoms with Crippen LogP contribution in [-0.2, 0) is 16.8 Å². The molecule has 0 saturated heterocycles. The maximum atomic E-state index is 14.2. The molecule has 28 heavy (non-hydrogen) atoms. The van der Waals surface area contributed by atoms with Crippen molar-refractivity contribution in [2.75, 3.05) is 11.4 Å². The van der Waals surface area contributed by atoms with E-state index in [0.717, 1.165) is 35.4 Å². The lowest BCUT2D eigenvalue weighted by Gasteiger charge is -2.39. The molecule has 3 N–H and O–H groups in total. The average Bonchev–Trinajstić information content (AvgIpc) is 3.17. The molecule has 6 rings (SSSR count). The van der Waals surface area contributed by atoms with E-state index in [-0.39, 0.29) is 11.4 Å². The van der Waals surface area contributed by atoms with Crippen molar-refractivity contribution in [3.05, 3.63) is 70.9 Å². The number of anilines is 1. The van der Waals surface area contributed by atoms with Crippen molar-refractivity contribution in [2.45, 2.75) is 38.3 Å². The first-order valence-corrected chi connectivity index (χ1v) is 10.1. The summed E-state index contributed by atoms with van der Waals surface area (Å²) < 4.78 is 0. The van der Waals surface area contributed by atoms with Crippen molar-refractivity contribution in [1.29, 1.82) is 0 Å². The molecule has 1 atom stereocenters. The molecular formula is C24H24N3O+. The summed E-state index contributed by atoms with van der Waals surface area (Å²) in [6.07, 6.45) is 3.20. The number of hydrogen-bond donors (Lipinski definition) is 2. The molecule has 1 aromatic heterocycles. The smallest absolute Gasteiger partial charge is 0.300 e. The molecule has 1 spiro atoms. The predicted octanol–water partition coefficient (Wildman–Crippen LogP) is 3.07. The van der Waals surface area contributed by atoms with E-state index in [1.807, 2.05) is 4.90 Å². The monoisotopic (exact) mass is 370 g/mol. The van der Waals surface area contributed by atoms with Gasteiger partial charge < -0.3 is 10.3 Å². The van der Waals surface area contributed by atoms with E-state index in [2.05, 4.69) is 79.6 Å². The van der Waals surface area contributed by atoms with Crippen LogP contribution < -0.4 is 10.2 Å². The highest BCUT2D eigenvalue weighted by molar-refractivity contribution is 6.14. The number of nitrogens with two attached hydrogens (primary N) is 1. The molecule has 0 radical (unpaired) electrons. The van der Waals surface area contributed by atoms with Gasteiger partial charge in [0.25, 0.3) is 0 Å². The van der Waals surface area contributed by atoms with Crippen LogP contribution in [0.25, 0.3) is 16.5 Å². The molecular weight excluding hydrogens is 346 g/mol. The predicted molar refractivity (Wildman–Crippen MR) is 111 cm³/mol. The highest BCUT2D eigenvalue weighted by Gasteiger charge is 2.62. The van der Waals surface area contributed by atoms with Gasteiger partial charge in [-0.3, -0.25) is 9.69 Å². The fourth-order valence-electron chi connectivity index (χ4n) is 5.81. The van der Waals surface area contributed by atoms with Crippen LogP contribution in [0.5, 0.6) is 0 Å². The van der Waals surface area contributed by atoms with Crippen molar-refractivity contribution in [3.63, 3.8) is 0 Å². The number of allylic oxidation sites excluding steroid dienone is 1. The number of nitrogens with zero attached hydrogens (tertiary/aromatic N) is 1. The van der Waals surface area contributed by atoms with Crippen LogP contribution in [0.1, 0.15) is 43.2 Å². The van der Waals surface area contributed by atoms with E-state index >= 15 is 0 Å². The third kappa shape index (κ3) is 1.68. The molecule has 3 aromatic rings. The second-order valence-corrected chi connectivity index (χ2v) is 8.90. The Hall–Kier alpha value is -2.85. The van der Waals surface area contributed by atoms with Gasteiger partial charge in [-0.15, -0.1) is 0 Å². The Morgan fingerprint density at radius 1 is 1.11 bits per heavy atom. The molecule has 4 heterocycles. The number of quaternary nitrogens is 1. The number of fused-ring (bicyclic) bond motifs is 5. The minimum atomic E-state index is -0.715. The number of carbonyl (C=O) groups is 1. The van der Waals surface area contributed by atoms with E-state index in [0.29, 0.717) is 0 Å². The van der Waals surface area contributed by atoms with Crippen LogP contribution in [0.15, 0.2) is 48.5 Å². The molecule has 140 valence electrons. The minimum absolute atomic E-state index is 0.177. The van der Waals surface area contributed by atoms with Gasteiger partial charge in [0.15, 0.2) is 0 Å². The molecule has 4 heteroatoms. The molecule has 1 amide bonds. The van der Waals surface area contributed by atoms with Crippen LogP contribution in [0.2, 0.25) is 0 Å². The summed E-state index contributed by atoms with van der Waals surface area (Å²) in [6.45, 7) is 7.35. The molecule has 3 aliphatic rings. The molecule has 0 unspecified atom stereocenters. The fraction of sp³-hybridized carbons (Fsp3) is 0.292. The summed E-state index contributed by atoms with van der Waals surface area (Å²) >= 11 is 0. The Bertz CT molecular complexity index is 1220. The summed E-state index contributed by atoms with van der Waals surface area (Å²) in [5.41, 5.74) is 7.08. The molecule has 0 saturated carbocycles. The highest BCUT2D eigenvalue weighted by Crippen LogP contribution is 2.52. The summed E-state index contributed by atoms with van der Waals surface area (Å²) in [7, 11) is 0. The van der Waals surface area contributed by atoms with Crippen molar-refractivity contribution in [3.8, 4) is 0 Å². The Balaban J connectivity index is 1.72. The number of amides is 1. The molecule has 2 aromatic carbocycles. The minimum Gasteiger partial charge on any atom is -0.352 e. The van der Waals surface area contributed by atoms with Crippen LogP contribution >= 0.6 is 0 Å². The quantitative estimate of drug-likeness (QED) is 0.628. The second-order valence-electron chi connectivity index (χ2n) is 8.90. The lowest BCUT2D eigenvalue weighted by Crippen LogP contribution is -2.99. The normalized spacial score (nSPS) is 24.5. The Morgan fingerprint density at radius 3 is 2.79 bits per heavy atom. The van der Waals surface area contributed by atoms with E-state index in [4.69, 9.17) is 0 Å². The molecule has 0 aliphatic carbocycles. The zero-order chi connectivity index (χ0) is 19.3. The second kappa shape index (κ2) is 4.95. The van der Waals surface area contributed by atoms with E-state index in [9.17, 15) is 4.79 Å². The standard InChI is InChI=1S/C24H23N3O/c1-14-13-23(2,3)27-20-15(14)8-6-9-18(20)24(22(27)28)21-17(11-12-25-24)16-7-4-5-10-19(16)26-21/h4-10,13,25-26H,11-12H2,1-3H3/p+1/t24-/m1/s1. The van der Waals surface area contributed by atoms with Crippen LogP contribution in [0.4, 0.5) is 5.69 Å². The zero-order valence-corrected chi connectivity index (χ0v) is 16.5. The van der Waals surface area contributed by atoms with Gasteiger partial charge in [0.1, 0.15) is 0 Å². The number of rotatable bonds is 0. The van der Waals surface area contributed by atoms with Gasteiger partial charge in [0.05, 0.1) is 29.0 Å². The van der Waals surface area contributed by atoms with Crippen LogP contribution in [0.3, 0.4) is 0 Å². The zero-order valence-electron chi connectivity index (χ0n) is 16.5. The number of nitrogens with one attached hydrogen (secondary N) is 1. The summed E-state index contributed by atoms with van der Waals surface area (Å²) in [4.78, 5) is 19.9. The van der Waals surface area contributed by atoms with Gasteiger partial charge in [-0.2, -0.15) is 0 Å². The van der Waals surface area contributed by atoms with Gasteiger partial charge >= 0.3 is 5.91 Å². The van der Waals surface area contributed by atoms with E-state index in [1.54, 1.807) is 0 Å². The van der Waals surface area contributed by atoms with Crippen molar-refractivity contribution in [1.82, 2.24) is 4.98 Å². The Labute approximate surface area is 164 Å². The van der Waals surface area contributed by atoms with Crippen molar-refractivity contribution >= 4 is 28.1 Å². The van der Waals surface area contributed by atoms with E-state index in [1.165, 1.54) is 22.1 Å². The first-order valence-electron chi connectivity index (χ1n) is 10.1. The number of carbonyl (C=O) groups excluding carboxylic acids is 1. The van der Waals surface area contributed by atoms with Gasteiger partial charge in [0, 0.05) is 22.9 Å². The average molecular weight is 370 g/mol. The van der Waals surface area contributed by atoms with E-state index < -0.39 is 5.54 Å². The number of aromatic amines is 1. The molecule has 0 fully saturated rings. The van der Waals surface area contributed by atoms with Gasteiger partial charge in [-0.25, -0.2) is 0 Å².